The highest BCUT2D eigenvalue weighted by Crippen LogP contribution is 2.31. The minimum atomic E-state index is -0.537. The molecule has 0 bridgehead atoms. The number of rotatable bonds is 3. The van der Waals surface area contributed by atoms with Crippen molar-refractivity contribution in [1.82, 2.24) is 14.6 Å². The van der Waals surface area contributed by atoms with Crippen LogP contribution in [-0.4, -0.2) is 27.8 Å². The van der Waals surface area contributed by atoms with E-state index in [-0.39, 0.29) is 0 Å². The zero-order valence-electron chi connectivity index (χ0n) is 12.1. The predicted molar refractivity (Wildman–Crippen MR) is 84.6 cm³/mol. The van der Waals surface area contributed by atoms with Gasteiger partial charge in [-0.25, -0.2) is 19.9 Å². The fourth-order valence-electron chi connectivity index (χ4n) is 1.99. The first-order valence-electron chi connectivity index (χ1n) is 6.58. The first-order chi connectivity index (χ1) is 10.7. The summed E-state index contributed by atoms with van der Waals surface area (Å²) in [7, 11) is 1.32. The van der Waals surface area contributed by atoms with Crippen LogP contribution in [0.25, 0.3) is 11.0 Å². The number of hydrogen-bond acceptors (Lipinski definition) is 5. The lowest BCUT2D eigenvalue weighted by atomic mass is 10.3. The Hall–Kier alpha value is -2.54. The molecule has 6 nitrogen and oxygen atoms in total. The molecule has 0 aliphatic carbocycles. The average molecular weight is 314 g/mol. The number of ether oxygens (including phenoxy) is 1. The lowest BCUT2D eigenvalue weighted by Gasteiger charge is -2.06. The van der Waals surface area contributed by atoms with Gasteiger partial charge in [-0.1, -0.05) is 11.8 Å². The van der Waals surface area contributed by atoms with Gasteiger partial charge < -0.3 is 4.74 Å². The Morgan fingerprint density at radius 3 is 3.00 bits per heavy atom. The van der Waals surface area contributed by atoms with Gasteiger partial charge in [0.05, 0.1) is 18.1 Å². The minimum Gasteiger partial charge on any atom is -0.452 e. The largest absolute Gasteiger partial charge is 0.452 e. The summed E-state index contributed by atoms with van der Waals surface area (Å²) in [6, 6.07) is 7.87. The van der Waals surface area contributed by atoms with E-state index in [1.54, 1.807) is 24.3 Å². The summed E-state index contributed by atoms with van der Waals surface area (Å²) < 4.78 is 6.11. The van der Waals surface area contributed by atoms with Gasteiger partial charge in [-0.05, 0) is 36.8 Å². The molecule has 1 amide bonds. The topological polar surface area (TPSA) is 69.0 Å². The molecule has 0 saturated carbocycles. The van der Waals surface area contributed by atoms with Crippen molar-refractivity contribution in [1.29, 1.82) is 0 Å². The van der Waals surface area contributed by atoms with Crippen LogP contribution in [0, 0.1) is 6.92 Å². The highest BCUT2D eigenvalue weighted by atomic mass is 32.2. The zero-order chi connectivity index (χ0) is 15.5. The molecule has 1 N–H and O–H groups in total. The van der Waals surface area contributed by atoms with Crippen molar-refractivity contribution >= 4 is 28.9 Å². The normalized spacial score (nSPS) is 10.6. The molecule has 22 heavy (non-hydrogen) atoms. The molecular weight excluding hydrogens is 300 g/mol. The highest BCUT2D eigenvalue weighted by molar-refractivity contribution is 7.99. The van der Waals surface area contributed by atoms with E-state index in [1.165, 1.54) is 11.8 Å². The number of hydrogen-bond donors (Lipinski definition) is 1. The molecule has 0 saturated heterocycles. The summed E-state index contributed by atoms with van der Waals surface area (Å²) in [6.45, 7) is 2.03. The number of amides is 1. The van der Waals surface area contributed by atoms with Crippen molar-refractivity contribution in [3.05, 3.63) is 48.5 Å². The lowest BCUT2D eigenvalue weighted by Crippen LogP contribution is -2.21. The van der Waals surface area contributed by atoms with Crippen molar-refractivity contribution in [2.24, 2.45) is 0 Å². The van der Waals surface area contributed by atoms with Crippen LogP contribution in [0.5, 0.6) is 0 Å². The molecule has 0 unspecified atom stereocenters. The van der Waals surface area contributed by atoms with E-state index in [0.717, 1.165) is 26.4 Å². The molecule has 3 rings (SSSR count). The van der Waals surface area contributed by atoms with Gasteiger partial charge in [0.25, 0.3) is 0 Å². The molecule has 2 aromatic heterocycles. The second kappa shape index (κ2) is 6.07. The molecule has 112 valence electrons. The summed E-state index contributed by atoms with van der Waals surface area (Å²) in [5.74, 6) is 0. The summed E-state index contributed by atoms with van der Waals surface area (Å²) in [6.07, 6.45) is 4.64. The number of aryl methyl sites for hydroxylation is 1. The van der Waals surface area contributed by atoms with Gasteiger partial charge in [-0.2, -0.15) is 0 Å². The molecule has 0 fully saturated rings. The smallest absolute Gasteiger partial charge is 0.426 e. The fraction of sp³-hybridized carbons (Fsp3) is 0.133. The molecule has 0 spiro atoms. The van der Waals surface area contributed by atoms with Crippen LogP contribution in [-0.2, 0) is 4.74 Å². The zero-order valence-corrected chi connectivity index (χ0v) is 12.9. The van der Waals surface area contributed by atoms with Crippen LogP contribution in [0.2, 0.25) is 0 Å². The van der Waals surface area contributed by atoms with Crippen molar-refractivity contribution in [2.75, 3.05) is 12.5 Å². The van der Waals surface area contributed by atoms with E-state index in [2.05, 4.69) is 20.1 Å². The number of methoxy groups -OCH3 is 1. The highest BCUT2D eigenvalue weighted by Gasteiger charge is 2.08. The Morgan fingerprint density at radius 2 is 2.23 bits per heavy atom. The average Bonchev–Trinajstić information content (AvgIpc) is 2.92. The summed E-state index contributed by atoms with van der Waals surface area (Å²) in [5, 5.41) is 0. The number of fused-ring (bicyclic) bond motifs is 1. The van der Waals surface area contributed by atoms with Crippen LogP contribution in [0.3, 0.4) is 0 Å². The number of benzene rings is 1. The maximum atomic E-state index is 11.3. The van der Waals surface area contributed by atoms with E-state index in [4.69, 9.17) is 0 Å². The second-order valence-corrected chi connectivity index (χ2v) is 5.73. The molecule has 0 radical (unpaired) electrons. The number of carbonyl (C=O) groups is 1. The van der Waals surface area contributed by atoms with Crippen molar-refractivity contribution in [3.8, 4) is 0 Å². The van der Waals surface area contributed by atoms with Gasteiger partial charge in [0, 0.05) is 22.2 Å². The monoisotopic (exact) mass is 314 g/mol. The Balaban J connectivity index is 1.88. The number of nitrogens with one attached hydrogen (secondary N) is 1. The quantitative estimate of drug-likeness (QED) is 0.804. The molecule has 2 heterocycles. The van der Waals surface area contributed by atoms with Crippen LogP contribution in [0.4, 0.5) is 4.79 Å². The van der Waals surface area contributed by atoms with Gasteiger partial charge in [0.1, 0.15) is 6.33 Å². The second-order valence-electron chi connectivity index (χ2n) is 4.61. The molecule has 1 aromatic carbocycles. The third-order valence-electron chi connectivity index (χ3n) is 3.11. The first kappa shape index (κ1) is 14.4. The molecule has 0 atom stereocenters. The molecule has 0 aliphatic heterocycles. The number of carbonyl (C=O) groups excluding carboxylic acids is 1. The van der Waals surface area contributed by atoms with Crippen molar-refractivity contribution in [3.63, 3.8) is 0 Å². The number of imidazole rings is 1. The molecule has 7 heteroatoms. The fourth-order valence-corrected chi connectivity index (χ4v) is 2.89. The third kappa shape index (κ3) is 2.89. The number of pyridine rings is 1. The molecule has 0 aliphatic rings. The van der Waals surface area contributed by atoms with E-state index in [0.29, 0.717) is 0 Å². The molecular formula is C15H14N4O2S. The van der Waals surface area contributed by atoms with Crippen LogP contribution in [0.1, 0.15) is 5.56 Å². The van der Waals surface area contributed by atoms with E-state index >= 15 is 0 Å². The van der Waals surface area contributed by atoms with Crippen LogP contribution in [0.15, 0.2) is 52.8 Å². The Morgan fingerprint density at radius 1 is 1.36 bits per heavy atom. The first-order valence-corrected chi connectivity index (χ1v) is 7.39. The van der Waals surface area contributed by atoms with Crippen molar-refractivity contribution < 1.29 is 9.53 Å². The SMILES string of the molecule is COC(=O)Nn1cnc2cc(Sc3ccncc3C)ccc21. The van der Waals surface area contributed by atoms with E-state index < -0.39 is 6.09 Å². The molecule has 3 aromatic rings. The van der Waals surface area contributed by atoms with Crippen LogP contribution >= 0.6 is 11.8 Å². The standard InChI is InChI=1S/C15H14N4O2S/c1-10-8-16-6-5-14(10)22-11-3-4-13-12(7-11)17-9-19(13)18-15(20)21-2/h3-9H,1-2H3,(H,18,20). The van der Waals surface area contributed by atoms with E-state index in [1.807, 2.05) is 37.4 Å². The Bertz CT molecular complexity index is 831. The Labute approximate surface area is 131 Å². The number of aromatic nitrogens is 3. The van der Waals surface area contributed by atoms with Gasteiger partial charge in [0.2, 0.25) is 0 Å². The Kier molecular flexibility index (Phi) is 3.97. The maximum Gasteiger partial charge on any atom is 0.426 e. The minimum absolute atomic E-state index is 0.537. The van der Waals surface area contributed by atoms with E-state index in [9.17, 15) is 4.79 Å². The predicted octanol–water partition coefficient (Wildman–Crippen LogP) is 3.20. The third-order valence-corrected chi connectivity index (χ3v) is 4.28. The van der Waals surface area contributed by atoms with Gasteiger partial charge >= 0.3 is 6.09 Å². The van der Waals surface area contributed by atoms with Crippen molar-refractivity contribution in [2.45, 2.75) is 16.7 Å². The maximum absolute atomic E-state index is 11.3. The summed E-state index contributed by atoms with van der Waals surface area (Å²) in [5.41, 5.74) is 5.31. The lowest BCUT2D eigenvalue weighted by molar-refractivity contribution is 0.183. The van der Waals surface area contributed by atoms with Crippen LogP contribution < -0.4 is 5.43 Å². The number of nitrogens with zero attached hydrogens (tertiary/aromatic N) is 3. The van der Waals surface area contributed by atoms with Gasteiger partial charge in [0.15, 0.2) is 0 Å². The van der Waals surface area contributed by atoms with Gasteiger partial charge in [-0.3, -0.25) is 4.98 Å². The summed E-state index contributed by atoms with van der Waals surface area (Å²) >= 11 is 1.66. The van der Waals surface area contributed by atoms with Gasteiger partial charge in [-0.15, -0.1) is 0 Å². The summed E-state index contributed by atoms with van der Waals surface area (Å²) in [4.78, 5) is 21.9.